The van der Waals surface area contributed by atoms with E-state index in [-0.39, 0.29) is 12.2 Å². The van der Waals surface area contributed by atoms with Crippen molar-refractivity contribution in [2.45, 2.75) is 44.9 Å². The van der Waals surface area contributed by atoms with Gasteiger partial charge in [-0.05, 0) is 25.0 Å². The molecule has 3 nitrogen and oxygen atoms in total. The zero-order valence-corrected chi connectivity index (χ0v) is 13.4. The van der Waals surface area contributed by atoms with E-state index in [1.54, 1.807) is 6.07 Å². The largest absolute Gasteiger partial charge is 0.489 e. The van der Waals surface area contributed by atoms with E-state index < -0.39 is 0 Å². The van der Waals surface area contributed by atoms with Crippen LogP contribution in [0.1, 0.15) is 26.7 Å². The van der Waals surface area contributed by atoms with Crippen molar-refractivity contribution in [3.63, 3.8) is 0 Å². The highest BCUT2D eigenvalue weighted by molar-refractivity contribution is 6.42. The minimum Gasteiger partial charge on any atom is -0.489 e. The Morgan fingerprint density at radius 2 is 2.05 bits per heavy atom. The van der Waals surface area contributed by atoms with Gasteiger partial charge in [0.2, 0.25) is 0 Å². The Morgan fingerprint density at radius 1 is 1.30 bits per heavy atom. The van der Waals surface area contributed by atoms with Gasteiger partial charge in [-0.2, -0.15) is 0 Å². The summed E-state index contributed by atoms with van der Waals surface area (Å²) < 4.78 is 11.7. The van der Waals surface area contributed by atoms with Gasteiger partial charge in [-0.15, -0.1) is 0 Å². The molecule has 0 bridgehead atoms. The van der Waals surface area contributed by atoms with Crippen molar-refractivity contribution in [3.05, 3.63) is 28.2 Å². The molecule has 20 heavy (non-hydrogen) atoms. The second-order valence-corrected chi connectivity index (χ2v) is 6.17. The number of hydrogen-bond donors (Lipinski definition) is 1. The standard InChI is InChI=1S/C15H21Cl2NO2/c1-10(2)18-8-11-6-7-12(20-11)9-19-14-5-3-4-13(16)15(14)17/h3-5,10-12,18H,6-9H2,1-2H3. The third-order valence-electron chi connectivity index (χ3n) is 3.29. The summed E-state index contributed by atoms with van der Waals surface area (Å²) in [5.74, 6) is 0.617. The van der Waals surface area contributed by atoms with Gasteiger partial charge < -0.3 is 14.8 Å². The minimum absolute atomic E-state index is 0.129. The van der Waals surface area contributed by atoms with Crippen LogP contribution in [0.3, 0.4) is 0 Å². The van der Waals surface area contributed by atoms with E-state index >= 15 is 0 Å². The summed E-state index contributed by atoms with van der Waals surface area (Å²) in [5, 5.41) is 4.37. The van der Waals surface area contributed by atoms with Crippen molar-refractivity contribution >= 4 is 23.2 Å². The van der Waals surface area contributed by atoms with Crippen molar-refractivity contribution in [3.8, 4) is 5.75 Å². The van der Waals surface area contributed by atoms with Crippen LogP contribution in [0.2, 0.25) is 10.0 Å². The molecule has 1 aromatic rings. The topological polar surface area (TPSA) is 30.5 Å². The smallest absolute Gasteiger partial charge is 0.139 e. The summed E-state index contributed by atoms with van der Waals surface area (Å²) in [6.07, 6.45) is 2.49. The van der Waals surface area contributed by atoms with Crippen LogP contribution in [0.5, 0.6) is 5.75 Å². The molecule has 1 aliphatic rings. The van der Waals surface area contributed by atoms with Crippen LogP contribution in [0, 0.1) is 0 Å². The molecular formula is C15H21Cl2NO2. The fourth-order valence-corrected chi connectivity index (χ4v) is 2.54. The summed E-state index contributed by atoms with van der Waals surface area (Å²) in [6.45, 7) is 5.68. The van der Waals surface area contributed by atoms with Crippen molar-refractivity contribution in [1.29, 1.82) is 0 Å². The Balaban J connectivity index is 1.77. The number of halogens is 2. The lowest BCUT2D eigenvalue weighted by molar-refractivity contribution is 0.0179. The van der Waals surface area contributed by atoms with Crippen LogP contribution in [0.4, 0.5) is 0 Å². The number of ether oxygens (including phenoxy) is 2. The molecule has 0 aromatic heterocycles. The normalized spacial score (nSPS) is 22.4. The Bertz CT molecular complexity index is 440. The van der Waals surface area contributed by atoms with Crippen LogP contribution in [-0.2, 0) is 4.74 Å². The second kappa shape index (κ2) is 7.51. The van der Waals surface area contributed by atoms with Gasteiger partial charge in [0.15, 0.2) is 0 Å². The number of hydrogen-bond acceptors (Lipinski definition) is 3. The van der Waals surface area contributed by atoms with Crippen molar-refractivity contribution in [2.24, 2.45) is 0 Å². The highest BCUT2D eigenvalue weighted by atomic mass is 35.5. The molecule has 0 aliphatic carbocycles. The van der Waals surface area contributed by atoms with Gasteiger partial charge >= 0.3 is 0 Å². The third-order valence-corrected chi connectivity index (χ3v) is 4.09. The van der Waals surface area contributed by atoms with E-state index in [0.29, 0.717) is 28.4 Å². The van der Waals surface area contributed by atoms with Crippen molar-refractivity contribution in [1.82, 2.24) is 5.32 Å². The number of rotatable bonds is 6. The van der Waals surface area contributed by atoms with Gasteiger partial charge in [-0.25, -0.2) is 0 Å². The molecule has 2 atom stereocenters. The summed E-state index contributed by atoms with van der Waals surface area (Å²) in [4.78, 5) is 0. The maximum absolute atomic E-state index is 6.08. The Labute approximate surface area is 130 Å². The first kappa shape index (κ1) is 15.9. The quantitative estimate of drug-likeness (QED) is 0.862. The van der Waals surface area contributed by atoms with Crippen molar-refractivity contribution < 1.29 is 9.47 Å². The van der Waals surface area contributed by atoms with E-state index in [1.807, 2.05) is 12.1 Å². The molecule has 1 heterocycles. The van der Waals surface area contributed by atoms with Crippen LogP contribution < -0.4 is 10.1 Å². The molecule has 0 saturated carbocycles. The predicted octanol–water partition coefficient (Wildman–Crippen LogP) is 3.92. The van der Waals surface area contributed by atoms with Crippen LogP contribution in [0.25, 0.3) is 0 Å². The summed E-state index contributed by atoms with van der Waals surface area (Å²) in [6, 6.07) is 5.88. The lowest BCUT2D eigenvalue weighted by Gasteiger charge is -2.17. The van der Waals surface area contributed by atoms with Gasteiger partial charge in [-0.1, -0.05) is 43.1 Å². The average molecular weight is 318 g/mol. The molecule has 1 saturated heterocycles. The molecule has 2 unspecified atom stereocenters. The highest BCUT2D eigenvalue weighted by Crippen LogP contribution is 2.32. The molecule has 0 amide bonds. The minimum atomic E-state index is 0.129. The third kappa shape index (κ3) is 4.52. The van der Waals surface area contributed by atoms with E-state index in [2.05, 4.69) is 19.2 Å². The molecule has 0 radical (unpaired) electrons. The average Bonchev–Trinajstić information content (AvgIpc) is 2.86. The lowest BCUT2D eigenvalue weighted by Crippen LogP contribution is -2.32. The summed E-state index contributed by atoms with van der Waals surface area (Å²) >= 11 is 12.0. The first-order valence-corrected chi connectivity index (χ1v) is 7.77. The predicted molar refractivity (Wildman–Crippen MR) is 83.0 cm³/mol. The molecule has 1 aromatic carbocycles. The zero-order valence-electron chi connectivity index (χ0n) is 11.9. The van der Waals surface area contributed by atoms with E-state index in [9.17, 15) is 0 Å². The van der Waals surface area contributed by atoms with Crippen LogP contribution in [0.15, 0.2) is 18.2 Å². The molecule has 1 fully saturated rings. The number of benzene rings is 1. The molecule has 1 aliphatic heterocycles. The van der Waals surface area contributed by atoms with Gasteiger partial charge in [0.05, 0.1) is 17.2 Å². The molecular weight excluding hydrogens is 297 g/mol. The Morgan fingerprint density at radius 3 is 2.80 bits per heavy atom. The van der Waals surface area contributed by atoms with Gasteiger partial charge in [-0.3, -0.25) is 0 Å². The van der Waals surface area contributed by atoms with E-state index in [1.165, 1.54) is 0 Å². The maximum atomic E-state index is 6.08. The second-order valence-electron chi connectivity index (χ2n) is 5.38. The first-order chi connectivity index (χ1) is 9.56. The SMILES string of the molecule is CC(C)NCC1CCC(COc2cccc(Cl)c2Cl)O1. The fraction of sp³-hybridized carbons (Fsp3) is 0.600. The molecule has 0 spiro atoms. The number of nitrogens with one attached hydrogen (secondary N) is 1. The monoisotopic (exact) mass is 317 g/mol. The molecule has 2 rings (SSSR count). The maximum Gasteiger partial charge on any atom is 0.139 e. The van der Waals surface area contributed by atoms with Crippen LogP contribution in [-0.4, -0.2) is 31.4 Å². The Hall–Kier alpha value is -0.480. The zero-order chi connectivity index (χ0) is 14.5. The highest BCUT2D eigenvalue weighted by Gasteiger charge is 2.25. The van der Waals surface area contributed by atoms with E-state index in [0.717, 1.165) is 19.4 Å². The van der Waals surface area contributed by atoms with Crippen molar-refractivity contribution in [2.75, 3.05) is 13.2 Å². The summed E-state index contributed by atoms with van der Waals surface area (Å²) in [7, 11) is 0. The first-order valence-electron chi connectivity index (χ1n) is 7.02. The van der Waals surface area contributed by atoms with Crippen LogP contribution >= 0.6 is 23.2 Å². The summed E-state index contributed by atoms with van der Waals surface area (Å²) in [5.41, 5.74) is 0. The van der Waals surface area contributed by atoms with Gasteiger partial charge in [0, 0.05) is 12.6 Å². The van der Waals surface area contributed by atoms with E-state index in [4.69, 9.17) is 32.7 Å². The lowest BCUT2D eigenvalue weighted by atomic mass is 10.2. The molecule has 112 valence electrons. The molecule has 1 N–H and O–H groups in total. The van der Waals surface area contributed by atoms with Gasteiger partial charge in [0.25, 0.3) is 0 Å². The fourth-order valence-electron chi connectivity index (χ4n) is 2.20. The Kier molecular flexibility index (Phi) is 5.97. The van der Waals surface area contributed by atoms with Gasteiger partial charge in [0.1, 0.15) is 17.4 Å². The molecule has 5 heteroatoms.